The van der Waals surface area contributed by atoms with Crippen LogP contribution in [0.1, 0.15) is 5.69 Å². The van der Waals surface area contributed by atoms with Gasteiger partial charge in [-0.15, -0.1) is 0 Å². The van der Waals surface area contributed by atoms with E-state index in [0.717, 1.165) is 0 Å². The molecule has 2 aromatic rings. The highest BCUT2D eigenvalue weighted by atomic mass is 35.5. The number of para-hydroxylation sites is 2. The molecule has 0 unspecified atom stereocenters. The van der Waals surface area contributed by atoms with Gasteiger partial charge in [0, 0.05) is 0 Å². The number of hydrogen-bond acceptors (Lipinski definition) is 3. The number of halogens is 1. The summed E-state index contributed by atoms with van der Waals surface area (Å²) in [5.41, 5.74) is 1.55. The van der Waals surface area contributed by atoms with Crippen molar-refractivity contribution >= 4 is 22.6 Å². The third kappa shape index (κ3) is 1.32. The summed E-state index contributed by atoms with van der Waals surface area (Å²) in [6.07, 6.45) is 0. The van der Waals surface area contributed by atoms with Crippen molar-refractivity contribution in [3.8, 4) is 6.07 Å². The van der Waals surface area contributed by atoms with Crippen LogP contribution in [-0.2, 0) is 0 Å². The zero-order valence-electron chi connectivity index (χ0n) is 6.53. The van der Waals surface area contributed by atoms with Gasteiger partial charge in [-0.2, -0.15) is 5.26 Å². The lowest BCUT2D eigenvalue weighted by atomic mass is 10.3. The molecule has 0 aliphatic rings. The largest absolute Gasteiger partial charge is 0.232 e. The molecule has 62 valence electrons. The summed E-state index contributed by atoms with van der Waals surface area (Å²) in [5, 5.41) is 8.79. The van der Waals surface area contributed by atoms with E-state index in [-0.39, 0.29) is 10.8 Å². The summed E-state index contributed by atoms with van der Waals surface area (Å²) in [6.45, 7) is 0. The van der Waals surface area contributed by atoms with Crippen molar-refractivity contribution in [1.29, 1.82) is 5.26 Å². The zero-order valence-corrected chi connectivity index (χ0v) is 7.28. The van der Waals surface area contributed by atoms with Crippen LogP contribution < -0.4 is 0 Å². The minimum Gasteiger partial charge on any atom is -0.232 e. The lowest BCUT2D eigenvalue weighted by Gasteiger charge is -1.97. The van der Waals surface area contributed by atoms with Crippen LogP contribution in [0.3, 0.4) is 0 Å². The Kier molecular flexibility index (Phi) is 1.84. The van der Waals surface area contributed by atoms with Gasteiger partial charge >= 0.3 is 0 Å². The predicted molar refractivity (Wildman–Crippen MR) is 49.3 cm³/mol. The van der Waals surface area contributed by atoms with E-state index >= 15 is 0 Å². The molecular formula is C9H4ClN3. The number of nitriles is 1. The first-order valence-corrected chi connectivity index (χ1v) is 4.01. The maximum absolute atomic E-state index is 8.64. The molecule has 1 heterocycles. The molecular weight excluding hydrogens is 186 g/mol. The number of nitrogens with zero attached hydrogens (tertiary/aromatic N) is 3. The fourth-order valence-corrected chi connectivity index (χ4v) is 1.23. The summed E-state index contributed by atoms with van der Waals surface area (Å²) in [4.78, 5) is 8.06. The average molecular weight is 190 g/mol. The van der Waals surface area contributed by atoms with Crippen LogP contribution >= 0.6 is 11.6 Å². The van der Waals surface area contributed by atoms with E-state index in [4.69, 9.17) is 16.9 Å². The van der Waals surface area contributed by atoms with Gasteiger partial charge in [-0.3, -0.25) is 0 Å². The molecule has 4 heteroatoms. The van der Waals surface area contributed by atoms with Crippen LogP contribution in [0.5, 0.6) is 0 Å². The van der Waals surface area contributed by atoms with Crippen molar-refractivity contribution in [2.45, 2.75) is 0 Å². The van der Waals surface area contributed by atoms with E-state index in [1.54, 1.807) is 12.1 Å². The Morgan fingerprint density at radius 3 is 2.38 bits per heavy atom. The Bertz CT molecular complexity index is 502. The lowest BCUT2D eigenvalue weighted by Crippen LogP contribution is -1.90. The zero-order chi connectivity index (χ0) is 9.26. The smallest absolute Gasteiger partial charge is 0.178 e. The van der Waals surface area contributed by atoms with E-state index in [1.807, 2.05) is 18.2 Å². The molecule has 0 saturated heterocycles. The van der Waals surface area contributed by atoms with Gasteiger partial charge < -0.3 is 0 Å². The van der Waals surface area contributed by atoms with Gasteiger partial charge in [-0.25, -0.2) is 9.97 Å². The Morgan fingerprint density at radius 1 is 1.15 bits per heavy atom. The first-order chi connectivity index (χ1) is 6.31. The minimum atomic E-state index is 0.154. The van der Waals surface area contributed by atoms with Crippen LogP contribution in [0, 0.1) is 11.3 Å². The molecule has 0 spiro atoms. The van der Waals surface area contributed by atoms with Crippen LogP contribution in [0.15, 0.2) is 24.3 Å². The van der Waals surface area contributed by atoms with E-state index < -0.39 is 0 Å². The molecule has 0 N–H and O–H groups in total. The molecule has 0 bridgehead atoms. The number of rotatable bonds is 0. The van der Waals surface area contributed by atoms with E-state index in [0.29, 0.717) is 11.0 Å². The Labute approximate surface area is 79.6 Å². The second kappa shape index (κ2) is 3.00. The fraction of sp³-hybridized carbons (Fsp3) is 0. The monoisotopic (exact) mass is 189 g/mol. The van der Waals surface area contributed by atoms with Gasteiger partial charge in [0.1, 0.15) is 6.07 Å². The molecule has 0 aliphatic carbocycles. The Balaban J connectivity index is 2.83. The van der Waals surface area contributed by atoms with Gasteiger partial charge in [0.2, 0.25) is 0 Å². The topological polar surface area (TPSA) is 49.6 Å². The molecule has 1 aromatic heterocycles. The highest BCUT2D eigenvalue weighted by Crippen LogP contribution is 2.15. The van der Waals surface area contributed by atoms with Gasteiger partial charge in [-0.1, -0.05) is 23.7 Å². The molecule has 0 aliphatic heterocycles. The predicted octanol–water partition coefficient (Wildman–Crippen LogP) is 2.15. The highest BCUT2D eigenvalue weighted by molar-refractivity contribution is 6.30. The van der Waals surface area contributed by atoms with E-state index in [9.17, 15) is 0 Å². The van der Waals surface area contributed by atoms with Crippen molar-refractivity contribution in [3.63, 3.8) is 0 Å². The Morgan fingerprint density at radius 2 is 1.77 bits per heavy atom. The summed E-state index contributed by atoms with van der Waals surface area (Å²) in [6, 6.07) is 9.16. The van der Waals surface area contributed by atoms with Crippen LogP contribution in [0.4, 0.5) is 0 Å². The molecule has 0 radical (unpaired) electrons. The Hall–Kier alpha value is -1.66. The second-order valence-corrected chi connectivity index (χ2v) is 2.82. The highest BCUT2D eigenvalue weighted by Gasteiger charge is 2.04. The molecule has 13 heavy (non-hydrogen) atoms. The first kappa shape index (κ1) is 7.96. The second-order valence-electron chi connectivity index (χ2n) is 2.46. The van der Waals surface area contributed by atoms with Crippen molar-refractivity contribution in [2.24, 2.45) is 0 Å². The lowest BCUT2D eigenvalue weighted by molar-refractivity contribution is 1.24. The van der Waals surface area contributed by atoms with Crippen LogP contribution in [0.25, 0.3) is 11.0 Å². The molecule has 0 atom stereocenters. The van der Waals surface area contributed by atoms with E-state index in [1.165, 1.54) is 0 Å². The number of fused-ring (bicyclic) bond motifs is 1. The van der Waals surface area contributed by atoms with Gasteiger partial charge in [-0.05, 0) is 12.1 Å². The van der Waals surface area contributed by atoms with Gasteiger partial charge in [0.05, 0.1) is 11.0 Å². The number of hydrogen-bond donors (Lipinski definition) is 0. The van der Waals surface area contributed by atoms with Crippen LogP contribution in [0.2, 0.25) is 5.15 Å². The van der Waals surface area contributed by atoms with Gasteiger partial charge in [0.25, 0.3) is 0 Å². The maximum Gasteiger partial charge on any atom is 0.178 e. The normalized spacial score (nSPS) is 9.85. The SMILES string of the molecule is N#Cc1nc2ccccc2nc1Cl. The molecule has 0 saturated carbocycles. The van der Waals surface area contributed by atoms with Crippen molar-refractivity contribution in [2.75, 3.05) is 0 Å². The molecule has 3 nitrogen and oxygen atoms in total. The first-order valence-electron chi connectivity index (χ1n) is 3.63. The molecule has 1 aromatic carbocycles. The number of benzene rings is 1. The molecule has 2 rings (SSSR count). The van der Waals surface area contributed by atoms with Gasteiger partial charge in [0.15, 0.2) is 10.8 Å². The molecule has 0 fully saturated rings. The fourth-order valence-electron chi connectivity index (χ4n) is 1.05. The summed E-state index contributed by atoms with van der Waals surface area (Å²) in [7, 11) is 0. The third-order valence-corrected chi connectivity index (χ3v) is 1.90. The summed E-state index contributed by atoms with van der Waals surface area (Å²) >= 11 is 5.71. The third-order valence-electron chi connectivity index (χ3n) is 1.63. The quantitative estimate of drug-likeness (QED) is 0.638. The van der Waals surface area contributed by atoms with Crippen molar-refractivity contribution < 1.29 is 0 Å². The maximum atomic E-state index is 8.64. The standard InChI is InChI=1S/C9H4ClN3/c10-9-8(5-11)12-6-3-1-2-4-7(6)13-9/h1-4H. The minimum absolute atomic E-state index is 0.154. The van der Waals surface area contributed by atoms with Crippen molar-refractivity contribution in [3.05, 3.63) is 35.1 Å². The summed E-state index contributed by atoms with van der Waals surface area (Å²) < 4.78 is 0. The van der Waals surface area contributed by atoms with Crippen LogP contribution in [-0.4, -0.2) is 9.97 Å². The average Bonchev–Trinajstić information content (AvgIpc) is 2.17. The summed E-state index contributed by atoms with van der Waals surface area (Å²) in [5.74, 6) is 0. The number of aromatic nitrogens is 2. The van der Waals surface area contributed by atoms with E-state index in [2.05, 4.69) is 9.97 Å². The molecule has 0 amide bonds. The van der Waals surface area contributed by atoms with Crippen molar-refractivity contribution in [1.82, 2.24) is 9.97 Å².